The third-order valence-electron chi connectivity index (χ3n) is 2.92. The molecule has 0 fully saturated rings. The topological polar surface area (TPSA) is 84.7 Å². The van der Waals surface area contributed by atoms with Crippen LogP contribution in [0.5, 0.6) is 0 Å². The van der Waals surface area contributed by atoms with Gasteiger partial charge in [-0.3, -0.25) is 9.48 Å². The van der Waals surface area contributed by atoms with Crippen LogP contribution in [0.15, 0.2) is 18.3 Å². The largest absolute Gasteiger partial charge is 0.372 e. The number of nitrogens with zero attached hydrogens (tertiary/aromatic N) is 4. The molecule has 2 aromatic heterocycles. The maximum Gasteiger partial charge on any atom is 0.272 e. The molecule has 0 spiro atoms. The van der Waals surface area contributed by atoms with E-state index in [-0.39, 0.29) is 5.91 Å². The number of hydrogen-bond donors (Lipinski definition) is 2. The summed E-state index contributed by atoms with van der Waals surface area (Å²) in [4.78, 5) is 12.0. The van der Waals surface area contributed by atoms with Crippen LogP contribution in [0.25, 0.3) is 0 Å². The van der Waals surface area contributed by atoms with Crippen LogP contribution in [0, 0.1) is 0 Å². The fourth-order valence-electron chi connectivity index (χ4n) is 1.88. The molecule has 2 aromatic rings. The van der Waals surface area contributed by atoms with Gasteiger partial charge in [0.15, 0.2) is 5.69 Å². The van der Waals surface area contributed by atoms with Gasteiger partial charge in [-0.25, -0.2) is 0 Å². The molecule has 106 valence electrons. The number of nitrogens with one attached hydrogen (secondary N) is 2. The molecule has 2 N–H and O–H groups in total. The molecule has 0 atom stereocenters. The fraction of sp³-hybridized carbons (Fsp3) is 0.385. The lowest BCUT2D eigenvalue weighted by Crippen LogP contribution is -2.24. The molecular weight excluding hydrogens is 256 g/mol. The van der Waals surface area contributed by atoms with Gasteiger partial charge in [0, 0.05) is 32.4 Å². The molecule has 7 heteroatoms. The summed E-state index contributed by atoms with van der Waals surface area (Å²) in [6, 6.07) is 3.35. The maximum atomic E-state index is 12.0. The molecule has 0 aliphatic heterocycles. The van der Waals surface area contributed by atoms with Crippen LogP contribution >= 0.6 is 0 Å². The second-order valence-electron chi connectivity index (χ2n) is 4.36. The number of anilines is 1. The Morgan fingerprint density at radius 3 is 2.75 bits per heavy atom. The van der Waals surface area contributed by atoms with Gasteiger partial charge in [-0.2, -0.15) is 5.10 Å². The third-order valence-corrected chi connectivity index (χ3v) is 2.92. The average Bonchev–Trinajstić information content (AvgIpc) is 2.85. The van der Waals surface area contributed by atoms with Gasteiger partial charge in [0.2, 0.25) is 0 Å². The number of rotatable bonds is 5. The summed E-state index contributed by atoms with van der Waals surface area (Å²) >= 11 is 0. The van der Waals surface area contributed by atoms with Crippen LogP contribution in [0.2, 0.25) is 0 Å². The van der Waals surface area contributed by atoms with Crippen molar-refractivity contribution in [2.24, 2.45) is 7.05 Å². The highest BCUT2D eigenvalue weighted by molar-refractivity contribution is 5.92. The van der Waals surface area contributed by atoms with Gasteiger partial charge >= 0.3 is 0 Å². The van der Waals surface area contributed by atoms with E-state index in [1.54, 1.807) is 23.9 Å². The average molecular weight is 274 g/mol. The molecule has 2 rings (SSSR count). The quantitative estimate of drug-likeness (QED) is 0.840. The Balaban J connectivity index is 2.00. The second-order valence-corrected chi connectivity index (χ2v) is 4.36. The highest BCUT2D eigenvalue weighted by Gasteiger charge is 2.10. The third kappa shape index (κ3) is 3.11. The van der Waals surface area contributed by atoms with Crippen molar-refractivity contribution in [3.05, 3.63) is 35.3 Å². The highest BCUT2D eigenvalue weighted by Crippen LogP contribution is 2.07. The molecule has 0 bridgehead atoms. The first-order valence-electron chi connectivity index (χ1n) is 6.45. The minimum atomic E-state index is -0.244. The van der Waals surface area contributed by atoms with Crippen LogP contribution in [0.3, 0.4) is 0 Å². The Bertz CT molecular complexity index is 589. The minimum Gasteiger partial charge on any atom is -0.372 e. The zero-order chi connectivity index (χ0) is 14.5. The lowest BCUT2D eigenvalue weighted by Gasteiger charge is -2.04. The molecule has 0 saturated heterocycles. The van der Waals surface area contributed by atoms with E-state index >= 15 is 0 Å². The van der Waals surface area contributed by atoms with Crippen molar-refractivity contribution >= 4 is 11.7 Å². The molecule has 0 aliphatic rings. The van der Waals surface area contributed by atoms with Crippen LogP contribution < -0.4 is 10.6 Å². The Labute approximate surface area is 117 Å². The number of amides is 1. The Morgan fingerprint density at radius 2 is 2.15 bits per heavy atom. The number of hydrogen-bond acceptors (Lipinski definition) is 5. The SMILES string of the molecule is CCc1nn(C)cc1CNC(=O)c1ccc(NC)nn1. The van der Waals surface area contributed by atoms with Crippen molar-refractivity contribution in [2.45, 2.75) is 19.9 Å². The predicted molar refractivity (Wildman–Crippen MR) is 75.3 cm³/mol. The number of carbonyl (C=O) groups excluding carboxylic acids is 1. The van der Waals surface area contributed by atoms with E-state index in [0.29, 0.717) is 18.1 Å². The molecule has 20 heavy (non-hydrogen) atoms. The van der Waals surface area contributed by atoms with Gasteiger partial charge in [-0.1, -0.05) is 6.92 Å². The fourth-order valence-corrected chi connectivity index (χ4v) is 1.88. The first kappa shape index (κ1) is 14.0. The van der Waals surface area contributed by atoms with Crippen molar-refractivity contribution < 1.29 is 4.79 Å². The number of aromatic nitrogens is 4. The monoisotopic (exact) mass is 274 g/mol. The van der Waals surface area contributed by atoms with E-state index in [0.717, 1.165) is 17.7 Å². The summed E-state index contributed by atoms with van der Waals surface area (Å²) in [5.74, 6) is 0.383. The van der Waals surface area contributed by atoms with Crippen molar-refractivity contribution in [1.82, 2.24) is 25.3 Å². The van der Waals surface area contributed by atoms with Crippen molar-refractivity contribution in [1.29, 1.82) is 0 Å². The highest BCUT2D eigenvalue weighted by atomic mass is 16.1. The van der Waals surface area contributed by atoms with Crippen LogP contribution in [-0.4, -0.2) is 32.9 Å². The smallest absolute Gasteiger partial charge is 0.272 e. The summed E-state index contributed by atoms with van der Waals surface area (Å²) in [6.07, 6.45) is 2.75. The standard InChI is InChI=1S/C13H18N6O/c1-4-10-9(8-19(3)18-10)7-15-13(20)11-5-6-12(14-2)17-16-11/h5-6,8H,4,7H2,1-3H3,(H,14,17)(H,15,20). The van der Waals surface area contributed by atoms with E-state index in [9.17, 15) is 4.79 Å². The van der Waals surface area contributed by atoms with Gasteiger partial charge in [-0.05, 0) is 18.6 Å². The number of aryl methyl sites for hydroxylation is 2. The first-order chi connectivity index (χ1) is 9.63. The molecule has 1 amide bonds. The Morgan fingerprint density at radius 1 is 1.35 bits per heavy atom. The van der Waals surface area contributed by atoms with E-state index in [1.165, 1.54) is 0 Å². The van der Waals surface area contributed by atoms with Crippen LogP contribution in [-0.2, 0) is 20.0 Å². The Kier molecular flexibility index (Phi) is 4.29. The zero-order valence-electron chi connectivity index (χ0n) is 11.8. The molecule has 7 nitrogen and oxygen atoms in total. The maximum absolute atomic E-state index is 12.0. The second kappa shape index (κ2) is 6.14. The minimum absolute atomic E-state index is 0.244. The summed E-state index contributed by atoms with van der Waals surface area (Å²) in [5.41, 5.74) is 2.30. The molecule has 2 heterocycles. The van der Waals surface area contributed by atoms with Crippen LogP contribution in [0.4, 0.5) is 5.82 Å². The van der Waals surface area contributed by atoms with Crippen molar-refractivity contribution in [3.8, 4) is 0 Å². The molecule has 0 unspecified atom stereocenters. The van der Waals surface area contributed by atoms with E-state index in [2.05, 4.69) is 25.9 Å². The summed E-state index contributed by atoms with van der Waals surface area (Å²) in [7, 11) is 3.62. The molecule has 0 radical (unpaired) electrons. The van der Waals surface area contributed by atoms with Crippen molar-refractivity contribution in [3.63, 3.8) is 0 Å². The van der Waals surface area contributed by atoms with Gasteiger partial charge in [-0.15, -0.1) is 10.2 Å². The summed E-state index contributed by atoms with van der Waals surface area (Å²) < 4.78 is 1.75. The lowest BCUT2D eigenvalue weighted by molar-refractivity contribution is 0.0945. The molecule has 0 aliphatic carbocycles. The van der Waals surface area contributed by atoms with E-state index in [4.69, 9.17) is 0 Å². The zero-order valence-corrected chi connectivity index (χ0v) is 11.8. The van der Waals surface area contributed by atoms with E-state index in [1.807, 2.05) is 20.2 Å². The summed E-state index contributed by atoms with van der Waals surface area (Å²) in [5, 5.41) is 17.7. The van der Waals surface area contributed by atoms with Crippen molar-refractivity contribution in [2.75, 3.05) is 12.4 Å². The van der Waals surface area contributed by atoms with Gasteiger partial charge in [0.25, 0.3) is 5.91 Å². The molecular formula is C13H18N6O. The molecule has 0 aromatic carbocycles. The van der Waals surface area contributed by atoms with E-state index < -0.39 is 0 Å². The normalized spacial score (nSPS) is 10.3. The Hall–Kier alpha value is -2.44. The van der Waals surface area contributed by atoms with Gasteiger partial charge < -0.3 is 10.6 Å². The summed E-state index contributed by atoms with van der Waals surface area (Å²) in [6.45, 7) is 2.47. The number of carbonyl (C=O) groups is 1. The van der Waals surface area contributed by atoms with Gasteiger partial charge in [0.05, 0.1) is 5.69 Å². The van der Waals surface area contributed by atoms with Crippen LogP contribution in [0.1, 0.15) is 28.7 Å². The van der Waals surface area contributed by atoms with Gasteiger partial charge in [0.1, 0.15) is 5.82 Å². The first-order valence-corrected chi connectivity index (χ1v) is 6.45. The lowest BCUT2D eigenvalue weighted by atomic mass is 10.2. The molecule has 0 saturated carbocycles. The predicted octanol–water partition coefficient (Wildman–Crippen LogP) is 0.744.